The molecule has 0 saturated carbocycles. The first-order valence-electron chi connectivity index (χ1n) is 8.34. The fourth-order valence-electron chi connectivity index (χ4n) is 3.10. The quantitative estimate of drug-likeness (QED) is 0.703. The lowest BCUT2D eigenvalue weighted by atomic mass is 10.0. The van der Waals surface area contributed by atoms with Crippen LogP contribution in [0.2, 0.25) is 0 Å². The molecular weight excluding hydrogens is 382 g/mol. The molecule has 0 spiro atoms. The highest BCUT2D eigenvalue weighted by molar-refractivity contribution is 7.91. The van der Waals surface area contributed by atoms with Crippen molar-refractivity contribution in [3.05, 3.63) is 23.8 Å². The van der Waals surface area contributed by atoms with Crippen LogP contribution in [-0.4, -0.2) is 63.6 Å². The summed E-state index contributed by atoms with van der Waals surface area (Å²) in [5.41, 5.74) is 0.00671. The molecule has 0 radical (unpaired) electrons. The zero-order chi connectivity index (χ0) is 20.2. The molecule has 1 saturated heterocycles. The van der Waals surface area contributed by atoms with Gasteiger partial charge in [0.25, 0.3) is 0 Å². The maximum Gasteiger partial charge on any atom is 0.387 e. The third-order valence-corrected chi connectivity index (χ3v) is 6.16. The van der Waals surface area contributed by atoms with Crippen LogP contribution >= 0.6 is 0 Å². The summed E-state index contributed by atoms with van der Waals surface area (Å²) < 4.78 is 57.4. The van der Waals surface area contributed by atoms with Gasteiger partial charge in [0.05, 0.1) is 30.7 Å². The SMILES string of the molecule is COc1cc(CN(C)CC(=O)NC2(C)CCS(=O)(=O)C2)ccc1OC(F)F. The van der Waals surface area contributed by atoms with Gasteiger partial charge < -0.3 is 14.8 Å². The normalized spacial score (nSPS) is 21.4. The van der Waals surface area contributed by atoms with Gasteiger partial charge in [0.2, 0.25) is 5.91 Å². The first kappa shape index (κ1) is 21.4. The van der Waals surface area contributed by atoms with Crippen LogP contribution in [0.25, 0.3) is 0 Å². The van der Waals surface area contributed by atoms with Crippen LogP contribution in [0.5, 0.6) is 11.5 Å². The van der Waals surface area contributed by atoms with Crippen molar-refractivity contribution < 1.29 is 31.5 Å². The zero-order valence-corrected chi connectivity index (χ0v) is 16.3. The smallest absolute Gasteiger partial charge is 0.387 e. The van der Waals surface area contributed by atoms with E-state index in [9.17, 15) is 22.0 Å². The lowest BCUT2D eigenvalue weighted by Gasteiger charge is -2.25. The van der Waals surface area contributed by atoms with E-state index < -0.39 is 22.0 Å². The van der Waals surface area contributed by atoms with Crippen molar-refractivity contribution in [3.63, 3.8) is 0 Å². The molecule has 1 heterocycles. The highest BCUT2D eigenvalue weighted by Crippen LogP contribution is 2.29. The highest BCUT2D eigenvalue weighted by atomic mass is 32.2. The number of alkyl halides is 2. The van der Waals surface area contributed by atoms with E-state index in [1.807, 2.05) is 0 Å². The topological polar surface area (TPSA) is 84.9 Å². The van der Waals surface area contributed by atoms with E-state index in [-0.39, 0.29) is 35.5 Å². The minimum Gasteiger partial charge on any atom is -0.493 e. The number of carbonyl (C=O) groups is 1. The van der Waals surface area contributed by atoms with E-state index >= 15 is 0 Å². The van der Waals surface area contributed by atoms with Crippen molar-refractivity contribution >= 4 is 15.7 Å². The van der Waals surface area contributed by atoms with Gasteiger partial charge in [-0.3, -0.25) is 9.69 Å². The molecule has 2 rings (SSSR count). The molecule has 10 heteroatoms. The number of rotatable bonds is 8. The average Bonchev–Trinajstić information content (AvgIpc) is 2.80. The second kappa shape index (κ2) is 8.39. The maximum absolute atomic E-state index is 12.4. The number of halogens is 2. The number of ether oxygens (including phenoxy) is 2. The molecule has 1 N–H and O–H groups in total. The molecule has 1 amide bonds. The number of amides is 1. The Hall–Kier alpha value is -1.94. The summed E-state index contributed by atoms with van der Waals surface area (Å²) in [5.74, 6) is -0.145. The van der Waals surface area contributed by atoms with E-state index in [0.717, 1.165) is 5.56 Å². The van der Waals surface area contributed by atoms with Gasteiger partial charge >= 0.3 is 6.61 Å². The lowest BCUT2D eigenvalue weighted by molar-refractivity contribution is -0.123. The van der Waals surface area contributed by atoms with Crippen molar-refractivity contribution in [1.29, 1.82) is 0 Å². The number of hydrogen-bond donors (Lipinski definition) is 1. The molecule has 152 valence electrons. The van der Waals surface area contributed by atoms with Gasteiger partial charge in [-0.1, -0.05) is 6.07 Å². The van der Waals surface area contributed by atoms with Crippen molar-refractivity contribution in [2.75, 3.05) is 32.2 Å². The number of hydrogen-bond acceptors (Lipinski definition) is 6. The number of nitrogens with one attached hydrogen (secondary N) is 1. The van der Waals surface area contributed by atoms with Gasteiger partial charge in [0.1, 0.15) is 0 Å². The first-order valence-corrected chi connectivity index (χ1v) is 10.2. The molecule has 1 fully saturated rings. The van der Waals surface area contributed by atoms with Crippen molar-refractivity contribution in [2.45, 2.75) is 32.0 Å². The Morgan fingerprint density at radius 3 is 2.63 bits per heavy atom. The molecule has 1 aromatic carbocycles. The van der Waals surface area contributed by atoms with Crippen LogP contribution in [0, 0.1) is 0 Å². The number of nitrogens with zero attached hydrogens (tertiary/aromatic N) is 1. The summed E-state index contributed by atoms with van der Waals surface area (Å²) in [6.45, 7) is -0.792. The Kier molecular flexibility index (Phi) is 6.63. The molecule has 0 bridgehead atoms. The molecule has 1 unspecified atom stereocenters. The largest absolute Gasteiger partial charge is 0.493 e. The van der Waals surface area contributed by atoms with Crippen molar-refractivity contribution in [3.8, 4) is 11.5 Å². The molecule has 1 aliphatic heterocycles. The molecule has 0 aliphatic carbocycles. The lowest BCUT2D eigenvalue weighted by Crippen LogP contribution is -2.49. The predicted molar refractivity (Wildman–Crippen MR) is 95.8 cm³/mol. The molecule has 1 aliphatic rings. The summed E-state index contributed by atoms with van der Waals surface area (Å²) in [5, 5.41) is 2.79. The van der Waals surface area contributed by atoms with Crippen LogP contribution in [-0.2, 0) is 21.2 Å². The van der Waals surface area contributed by atoms with E-state index in [0.29, 0.717) is 13.0 Å². The van der Waals surface area contributed by atoms with E-state index in [4.69, 9.17) is 4.74 Å². The standard InChI is InChI=1S/C17H24F2N2O5S/c1-17(6-7-27(23,24)11-17)20-15(22)10-21(2)9-12-4-5-13(26-16(18)19)14(8-12)25-3/h4-5,8,16H,6-7,9-11H2,1-3H3,(H,20,22). The summed E-state index contributed by atoms with van der Waals surface area (Å²) in [6.07, 6.45) is 0.396. The number of benzene rings is 1. The predicted octanol–water partition coefficient (Wildman–Crippen LogP) is 1.42. The zero-order valence-electron chi connectivity index (χ0n) is 15.5. The van der Waals surface area contributed by atoms with E-state index in [1.54, 1.807) is 31.0 Å². The van der Waals surface area contributed by atoms with E-state index in [2.05, 4.69) is 10.1 Å². The van der Waals surface area contributed by atoms with Crippen LogP contribution in [0.4, 0.5) is 8.78 Å². The molecule has 0 aromatic heterocycles. The molecular formula is C17H24F2N2O5S. The van der Waals surface area contributed by atoms with Crippen molar-refractivity contribution in [2.24, 2.45) is 0 Å². The number of methoxy groups -OCH3 is 1. The number of likely N-dealkylation sites (N-methyl/N-ethyl adjacent to an activating group) is 1. The highest BCUT2D eigenvalue weighted by Gasteiger charge is 2.39. The van der Waals surface area contributed by atoms with E-state index in [1.165, 1.54) is 13.2 Å². The minimum atomic E-state index is -3.10. The van der Waals surface area contributed by atoms with Gasteiger partial charge in [-0.2, -0.15) is 8.78 Å². The summed E-state index contributed by atoms with van der Waals surface area (Å²) in [7, 11) is -0.0269. The van der Waals surface area contributed by atoms with Crippen molar-refractivity contribution in [1.82, 2.24) is 10.2 Å². The Morgan fingerprint density at radius 2 is 2.07 bits per heavy atom. The summed E-state index contributed by atoms with van der Waals surface area (Å²) >= 11 is 0. The Balaban J connectivity index is 1.93. The fourth-order valence-corrected chi connectivity index (χ4v) is 5.19. The second-order valence-electron chi connectivity index (χ2n) is 6.99. The third kappa shape index (κ3) is 6.31. The number of sulfone groups is 1. The monoisotopic (exact) mass is 406 g/mol. The number of carbonyl (C=O) groups excluding carboxylic acids is 1. The van der Waals surface area contributed by atoms with Crippen LogP contribution < -0.4 is 14.8 Å². The third-order valence-electron chi connectivity index (χ3n) is 4.25. The van der Waals surface area contributed by atoms with Crippen LogP contribution in [0.15, 0.2) is 18.2 Å². The minimum absolute atomic E-state index is 0.0573. The molecule has 7 nitrogen and oxygen atoms in total. The molecule has 1 aromatic rings. The van der Waals surface area contributed by atoms with Gasteiger partial charge in [-0.25, -0.2) is 8.42 Å². The molecule has 27 heavy (non-hydrogen) atoms. The fraction of sp³-hybridized carbons (Fsp3) is 0.588. The Bertz CT molecular complexity index is 788. The molecule has 1 atom stereocenters. The van der Waals surface area contributed by atoms with Gasteiger partial charge in [-0.15, -0.1) is 0 Å². The first-order chi connectivity index (χ1) is 12.5. The Labute approximate surface area is 157 Å². The second-order valence-corrected chi connectivity index (χ2v) is 9.17. The van der Waals surface area contributed by atoms with Gasteiger partial charge in [-0.05, 0) is 38.1 Å². The van der Waals surface area contributed by atoms with Gasteiger partial charge in [0, 0.05) is 6.54 Å². The summed E-state index contributed by atoms with van der Waals surface area (Å²) in [4.78, 5) is 14.0. The van der Waals surface area contributed by atoms with Crippen LogP contribution in [0.1, 0.15) is 18.9 Å². The Morgan fingerprint density at radius 1 is 1.37 bits per heavy atom. The average molecular weight is 406 g/mol. The maximum atomic E-state index is 12.4. The summed E-state index contributed by atoms with van der Waals surface area (Å²) in [6, 6.07) is 4.56. The van der Waals surface area contributed by atoms with Crippen LogP contribution in [0.3, 0.4) is 0 Å². The van der Waals surface area contributed by atoms with Gasteiger partial charge in [0.15, 0.2) is 21.3 Å².